The van der Waals surface area contributed by atoms with Crippen molar-refractivity contribution >= 4 is 5.69 Å². The van der Waals surface area contributed by atoms with E-state index in [9.17, 15) is 5.11 Å². The first-order chi connectivity index (χ1) is 7.33. The highest BCUT2D eigenvalue weighted by molar-refractivity contribution is 5.64. The summed E-state index contributed by atoms with van der Waals surface area (Å²) in [5, 5.41) is 18.5. The average molecular weight is 204 g/mol. The molecular weight excluding hydrogens is 192 g/mol. The Morgan fingerprint density at radius 1 is 1.33 bits per heavy atom. The standard InChI is InChI=1S/C11H12N2O2/c12-8-9-10(2-1-3-11(9)14)13-4-6-15-7-5-13/h1-3,14H,4-7H2. The van der Waals surface area contributed by atoms with Gasteiger partial charge in [-0.25, -0.2) is 0 Å². The van der Waals surface area contributed by atoms with E-state index in [1.807, 2.05) is 12.1 Å². The summed E-state index contributed by atoms with van der Waals surface area (Å²) in [6, 6.07) is 7.16. The minimum Gasteiger partial charge on any atom is -0.506 e. The smallest absolute Gasteiger partial charge is 0.135 e. The highest BCUT2D eigenvalue weighted by atomic mass is 16.5. The van der Waals surface area contributed by atoms with Crippen LogP contribution in [0.25, 0.3) is 0 Å². The molecule has 0 atom stereocenters. The van der Waals surface area contributed by atoms with E-state index in [-0.39, 0.29) is 5.75 Å². The van der Waals surface area contributed by atoms with Gasteiger partial charge in [-0.15, -0.1) is 0 Å². The molecule has 0 saturated carbocycles. The number of phenols is 1. The second kappa shape index (κ2) is 4.20. The maximum absolute atomic E-state index is 9.54. The number of phenolic OH excluding ortho intramolecular Hbond substituents is 1. The number of rotatable bonds is 1. The number of nitriles is 1. The number of morpholine rings is 1. The van der Waals surface area contributed by atoms with Crippen LogP contribution in [0.1, 0.15) is 5.56 Å². The maximum atomic E-state index is 9.54. The second-order valence-electron chi connectivity index (χ2n) is 3.38. The van der Waals surface area contributed by atoms with Crippen LogP contribution < -0.4 is 4.90 Å². The Morgan fingerprint density at radius 2 is 2.07 bits per heavy atom. The van der Waals surface area contributed by atoms with Gasteiger partial charge < -0.3 is 14.7 Å². The molecule has 1 saturated heterocycles. The SMILES string of the molecule is N#Cc1c(O)cccc1N1CCOCC1. The molecular formula is C11H12N2O2. The van der Waals surface area contributed by atoms with Crippen molar-refractivity contribution < 1.29 is 9.84 Å². The Balaban J connectivity index is 2.34. The lowest BCUT2D eigenvalue weighted by molar-refractivity contribution is 0.122. The highest BCUT2D eigenvalue weighted by Crippen LogP contribution is 2.27. The van der Waals surface area contributed by atoms with Crippen molar-refractivity contribution in [3.63, 3.8) is 0 Å². The van der Waals surface area contributed by atoms with Gasteiger partial charge >= 0.3 is 0 Å². The summed E-state index contributed by atoms with van der Waals surface area (Å²) in [6.07, 6.45) is 0. The molecule has 1 aromatic carbocycles. The van der Waals surface area contributed by atoms with Crippen molar-refractivity contribution in [1.29, 1.82) is 5.26 Å². The lowest BCUT2D eigenvalue weighted by Crippen LogP contribution is -2.36. The van der Waals surface area contributed by atoms with Crippen LogP contribution in [0, 0.1) is 11.3 Å². The van der Waals surface area contributed by atoms with Crippen molar-refractivity contribution in [2.24, 2.45) is 0 Å². The molecule has 1 aliphatic heterocycles. The fourth-order valence-corrected chi connectivity index (χ4v) is 1.71. The van der Waals surface area contributed by atoms with Gasteiger partial charge in [0.1, 0.15) is 17.4 Å². The van der Waals surface area contributed by atoms with Gasteiger partial charge in [-0.3, -0.25) is 0 Å². The van der Waals surface area contributed by atoms with E-state index in [0.29, 0.717) is 18.8 Å². The molecule has 1 N–H and O–H groups in total. The Hall–Kier alpha value is -1.73. The van der Waals surface area contributed by atoms with E-state index < -0.39 is 0 Å². The van der Waals surface area contributed by atoms with Crippen LogP contribution in [0.5, 0.6) is 5.75 Å². The Bertz CT molecular complexity index is 392. The van der Waals surface area contributed by atoms with E-state index in [4.69, 9.17) is 10.00 Å². The van der Waals surface area contributed by atoms with Crippen molar-refractivity contribution in [2.75, 3.05) is 31.2 Å². The predicted octanol–water partition coefficient (Wildman–Crippen LogP) is 1.10. The molecule has 0 aromatic heterocycles. The van der Waals surface area contributed by atoms with Gasteiger partial charge in [-0.05, 0) is 12.1 Å². The van der Waals surface area contributed by atoms with Gasteiger partial charge in [0.05, 0.1) is 18.9 Å². The van der Waals surface area contributed by atoms with Crippen LogP contribution in [0.15, 0.2) is 18.2 Å². The number of nitrogens with zero attached hydrogens (tertiary/aromatic N) is 2. The fraction of sp³-hybridized carbons (Fsp3) is 0.364. The van der Waals surface area contributed by atoms with Crippen LogP contribution in [0.4, 0.5) is 5.69 Å². The first-order valence-electron chi connectivity index (χ1n) is 4.87. The topological polar surface area (TPSA) is 56.5 Å². The third-order valence-corrected chi connectivity index (χ3v) is 2.48. The summed E-state index contributed by atoms with van der Waals surface area (Å²) >= 11 is 0. The monoisotopic (exact) mass is 204 g/mol. The molecule has 0 unspecified atom stereocenters. The van der Waals surface area contributed by atoms with Gasteiger partial charge in [-0.2, -0.15) is 5.26 Å². The first-order valence-corrected chi connectivity index (χ1v) is 4.87. The molecule has 0 spiro atoms. The van der Waals surface area contributed by atoms with Gasteiger partial charge in [-0.1, -0.05) is 6.07 Å². The minimum atomic E-state index is 0.0430. The molecule has 15 heavy (non-hydrogen) atoms. The molecule has 1 aromatic rings. The molecule has 0 aliphatic carbocycles. The first kappa shape index (κ1) is 9.81. The number of hydrogen-bond acceptors (Lipinski definition) is 4. The highest BCUT2D eigenvalue weighted by Gasteiger charge is 2.16. The molecule has 0 amide bonds. The zero-order valence-electron chi connectivity index (χ0n) is 8.31. The summed E-state index contributed by atoms with van der Waals surface area (Å²) in [5.74, 6) is 0.0430. The largest absolute Gasteiger partial charge is 0.506 e. The van der Waals surface area contributed by atoms with Crippen molar-refractivity contribution in [3.05, 3.63) is 23.8 Å². The fourth-order valence-electron chi connectivity index (χ4n) is 1.71. The zero-order valence-corrected chi connectivity index (χ0v) is 8.31. The molecule has 0 radical (unpaired) electrons. The molecule has 78 valence electrons. The van der Waals surface area contributed by atoms with Gasteiger partial charge in [0.25, 0.3) is 0 Å². The summed E-state index contributed by atoms with van der Waals surface area (Å²) in [5.41, 5.74) is 1.14. The minimum absolute atomic E-state index is 0.0430. The third-order valence-electron chi connectivity index (χ3n) is 2.48. The van der Waals surface area contributed by atoms with E-state index in [0.717, 1.165) is 18.8 Å². The van der Waals surface area contributed by atoms with Crippen LogP contribution in [-0.2, 0) is 4.74 Å². The van der Waals surface area contributed by atoms with Gasteiger partial charge in [0.2, 0.25) is 0 Å². The second-order valence-corrected chi connectivity index (χ2v) is 3.38. The summed E-state index contributed by atoms with van der Waals surface area (Å²) in [7, 11) is 0. The Kier molecular flexibility index (Phi) is 2.75. The molecule has 1 aliphatic rings. The Labute approximate surface area is 88.3 Å². The molecule has 4 heteroatoms. The van der Waals surface area contributed by atoms with Crippen LogP contribution in [-0.4, -0.2) is 31.4 Å². The van der Waals surface area contributed by atoms with E-state index in [1.165, 1.54) is 6.07 Å². The maximum Gasteiger partial charge on any atom is 0.135 e. The van der Waals surface area contributed by atoms with Crippen molar-refractivity contribution in [3.8, 4) is 11.8 Å². The van der Waals surface area contributed by atoms with Crippen molar-refractivity contribution in [2.45, 2.75) is 0 Å². The zero-order chi connectivity index (χ0) is 10.7. The van der Waals surface area contributed by atoms with Crippen LogP contribution in [0.3, 0.4) is 0 Å². The lowest BCUT2D eigenvalue weighted by atomic mass is 10.1. The lowest BCUT2D eigenvalue weighted by Gasteiger charge is -2.29. The Morgan fingerprint density at radius 3 is 2.73 bits per heavy atom. The quantitative estimate of drug-likeness (QED) is 0.744. The molecule has 0 bridgehead atoms. The summed E-state index contributed by atoms with van der Waals surface area (Å²) < 4.78 is 5.24. The number of anilines is 1. The van der Waals surface area contributed by atoms with E-state index >= 15 is 0 Å². The van der Waals surface area contributed by atoms with E-state index in [2.05, 4.69) is 4.90 Å². The molecule has 1 heterocycles. The number of benzene rings is 1. The number of ether oxygens (including phenoxy) is 1. The van der Waals surface area contributed by atoms with Crippen LogP contribution >= 0.6 is 0 Å². The normalized spacial score (nSPS) is 16.1. The van der Waals surface area contributed by atoms with Crippen LogP contribution in [0.2, 0.25) is 0 Å². The van der Waals surface area contributed by atoms with E-state index in [1.54, 1.807) is 6.07 Å². The van der Waals surface area contributed by atoms with Crippen molar-refractivity contribution in [1.82, 2.24) is 0 Å². The summed E-state index contributed by atoms with van der Waals surface area (Å²) in [6.45, 7) is 2.86. The predicted molar refractivity (Wildman–Crippen MR) is 55.9 cm³/mol. The molecule has 2 rings (SSSR count). The molecule has 1 fully saturated rings. The number of aromatic hydroxyl groups is 1. The number of hydrogen-bond donors (Lipinski definition) is 1. The van der Waals surface area contributed by atoms with Gasteiger partial charge in [0.15, 0.2) is 0 Å². The summed E-state index contributed by atoms with van der Waals surface area (Å²) in [4.78, 5) is 2.06. The van der Waals surface area contributed by atoms with Gasteiger partial charge in [0, 0.05) is 13.1 Å². The molecule has 4 nitrogen and oxygen atoms in total. The average Bonchev–Trinajstić information content (AvgIpc) is 2.30. The third kappa shape index (κ3) is 1.88.